The molecule has 6 nitrogen and oxygen atoms in total. The van der Waals surface area contributed by atoms with Crippen molar-refractivity contribution in [3.8, 4) is 6.07 Å². The summed E-state index contributed by atoms with van der Waals surface area (Å²) < 4.78 is 4.92. The second kappa shape index (κ2) is 6.61. The Balaban J connectivity index is 2.01. The van der Waals surface area contributed by atoms with Crippen molar-refractivity contribution in [1.82, 2.24) is 4.90 Å². The normalized spacial score (nSPS) is 18.7. The molecular weight excluding hydrogens is 382 g/mol. The molecule has 0 aliphatic carbocycles. The van der Waals surface area contributed by atoms with Gasteiger partial charge in [-0.3, -0.25) is 9.69 Å². The predicted molar refractivity (Wildman–Crippen MR) is 101 cm³/mol. The summed E-state index contributed by atoms with van der Waals surface area (Å²) in [5.41, 5.74) is 7.19. The maximum atomic E-state index is 13.1. The first-order valence-corrected chi connectivity index (χ1v) is 9.65. The number of nitriles is 1. The van der Waals surface area contributed by atoms with E-state index in [1.165, 1.54) is 35.1 Å². The minimum absolute atomic E-state index is 0.00116. The molecule has 0 saturated carbocycles. The van der Waals surface area contributed by atoms with E-state index in [1.54, 1.807) is 12.1 Å². The third-order valence-electron chi connectivity index (χ3n) is 4.41. The van der Waals surface area contributed by atoms with Crippen LogP contribution in [0.4, 0.5) is 0 Å². The molecule has 27 heavy (non-hydrogen) atoms. The van der Waals surface area contributed by atoms with E-state index in [1.807, 2.05) is 29.6 Å². The third-order valence-corrected chi connectivity index (χ3v) is 6.52. The number of hydrogen-bond donors (Lipinski definition) is 1. The fraction of sp³-hybridized carbons (Fsp3) is 0.105. The minimum Gasteiger partial charge on any atom is -0.466 e. The van der Waals surface area contributed by atoms with Gasteiger partial charge in [0.2, 0.25) is 0 Å². The number of benzene rings is 1. The molecule has 0 saturated heterocycles. The van der Waals surface area contributed by atoms with Gasteiger partial charge in [-0.15, -0.1) is 11.3 Å². The summed E-state index contributed by atoms with van der Waals surface area (Å²) in [7, 11) is 1.25. The smallest absolute Gasteiger partial charge is 0.338 e. The Labute approximate surface area is 163 Å². The summed E-state index contributed by atoms with van der Waals surface area (Å²) >= 11 is 2.72. The lowest BCUT2D eigenvalue weighted by molar-refractivity contribution is -0.136. The molecule has 1 atom stereocenters. The molecule has 1 aromatic heterocycles. The van der Waals surface area contributed by atoms with Gasteiger partial charge in [0.05, 0.1) is 35.8 Å². The molecule has 4 rings (SSSR count). The van der Waals surface area contributed by atoms with Crippen molar-refractivity contribution in [1.29, 1.82) is 5.26 Å². The lowest BCUT2D eigenvalue weighted by atomic mass is 9.87. The number of carbonyl (C=O) groups is 2. The van der Waals surface area contributed by atoms with E-state index in [0.717, 1.165) is 9.77 Å². The van der Waals surface area contributed by atoms with Crippen LogP contribution in [0.1, 0.15) is 21.2 Å². The molecule has 2 aromatic rings. The number of hydrogen-bond acceptors (Lipinski definition) is 7. The second-order valence-electron chi connectivity index (χ2n) is 5.81. The Morgan fingerprint density at radius 3 is 2.74 bits per heavy atom. The fourth-order valence-electron chi connectivity index (χ4n) is 3.21. The van der Waals surface area contributed by atoms with Crippen molar-refractivity contribution >= 4 is 35.0 Å². The SMILES string of the molecule is COC(=O)C1=C(N)N2C(=O)c3ccccc3SC2=C(C#N)C1c1cccs1. The Morgan fingerprint density at radius 1 is 1.30 bits per heavy atom. The molecular formula is C19H13N3O3S2. The zero-order chi connectivity index (χ0) is 19.1. The standard InChI is InChI=1S/C19H13N3O3S2/c1-25-19(24)15-14(13-7-4-8-26-13)11(9-20)18-22(16(15)21)17(23)10-5-2-3-6-12(10)27-18/h2-8,14H,21H2,1H3. The Morgan fingerprint density at radius 2 is 2.07 bits per heavy atom. The molecule has 0 fully saturated rings. The quantitative estimate of drug-likeness (QED) is 0.785. The first-order valence-electron chi connectivity index (χ1n) is 7.95. The number of nitrogens with zero attached hydrogens (tertiary/aromatic N) is 2. The number of carbonyl (C=O) groups excluding carboxylic acids is 2. The van der Waals surface area contributed by atoms with Crippen LogP contribution in [0.25, 0.3) is 0 Å². The molecule has 0 radical (unpaired) electrons. The van der Waals surface area contributed by atoms with Gasteiger partial charge in [0.1, 0.15) is 10.9 Å². The van der Waals surface area contributed by atoms with Crippen LogP contribution in [0.5, 0.6) is 0 Å². The Hall–Kier alpha value is -3.02. The average molecular weight is 395 g/mol. The van der Waals surface area contributed by atoms with E-state index < -0.39 is 11.9 Å². The monoisotopic (exact) mass is 395 g/mol. The number of ether oxygens (including phenoxy) is 1. The van der Waals surface area contributed by atoms with Crippen LogP contribution in [0.3, 0.4) is 0 Å². The summed E-state index contributed by atoms with van der Waals surface area (Å²) in [6.07, 6.45) is 0. The van der Waals surface area contributed by atoms with Gasteiger partial charge in [0, 0.05) is 9.77 Å². The van der Waals surface area contributed by atoms with Crippen LogP contribution in [0, 0.1) is 11.3 Å². The molecule has 0 spiro atoms. The van der Waals surface area contributed by atoms with Gasteiger partial charge in [0.15, 0.2) is 0 Å². The third kappa shape index (κ3) is 2.55. The molecule has 2 N–H and O–H groups in total. The number of thiophene rings is 1. The van der Waals surface area contributed by atoms with E-state index in [2.05, 4.69) is 6.07 Å². The Kier molecular flexibility index (Phi) is 4.26. The zero-order valence-electron chi connectivity index (χ0n) is 14.1. The van der Waals surface area contributed by atoms with Gasteiger partial charge in [0.25, 0.3) is 5.91 Å². The molecule has 0 bridgehead atoms. The number of nitrogens with two attached hydrogens (primary N) is 1. The lowest BCUT2D eigenvalue weighted by Gasteiger charge is -2.37. The predicted octanol–water partition coefficient (Wildman–Crippen LogP) is 3.17. The summed E-state index contributed by atoms with van der Waals surface area (Å²) in [4.78, 5) is 28.4. The second-order valence-corrected chi connectivity index (χ2v) is 7.82. The Bertz CT molecular complexity index is 1060. The number of allylic oxidation sites excluding steroid dienone is 1. The molecule has 134 valence electrons. The van der Waals surface area contributed by atoms with Gasteiger partial charge in [-0.05, 0) is 23.6 Å². The average Bonchev–Trinajstić information content (AvgIpc) is 3.21. The molecule has 2 aliphatic heterocycles. The van der Waals surface area contributed by atoms with E-state index in [9.17, 15) is 14.9 Å². The number of rotatable bonds is 2. The molecule has 1 aromatic carbocycles. The molecule has 8 heteroatoms. The molecule has 1 unspecified atom stereocenters. The van der Waals surface area contributed by atoms with E-state index in [-0.39, 0.29) is 17.3 Å². The van der Waals surface area contributed by atoms with Crippen molar-refractivity contribution in [3.05, 3.63) is 74.2 Å². The van der Waals surface area contributed by atoms with Gasteiger partial charge >= 0.3 is 5.97 Å². The van der Waals surface area contributed by atoms with Crippen molar-refractivity contribution < 1.29 is 14.3 Å². The zero-order valence-corrected chi connectivity index (χ0v) is 15.8. The maximum Gasteiger partial charge on any atom is 0.338 e. The minimum atomic E-state index is -0.667. The highest BCUT2D eigenvalue weighted by Gasteiger charge is 2.44. The van der Waals surface area contributed by atoms with Crippen LogP contribution in [-0.2, 0) is 9.53 Å². The molecule has 1 amide bonds. The first kappa shape index (κ1) is 17.4. The van der Waals surface area contributed by atoms with Gasteiger partial charge in [-0.1, -0.05) is 30.0 Å². The van der Waals surface area contributed by atoms with Crippen LogP contribution >= 0.6 is 23.1 Å². The van der Waals surface area contributed by atoms with Crippen molar-refractivity contribution in [2.24, 2.45) is 5.73 Å². The number of amides is 1. The first-order chi connectivity index (χ1) is 13.1. The van der Waals surface area contributed by atoms with Crippen molar-refractivity contribution in [2.45, 2.75) is 10.8 Å². The lowest BCUT2D eigenvalue weighted by Crippen LogP contribution is -2.42. The highest BCUT2D eigenvalue weighted by molar-refractivity contribution is 8.03. The fourth-order valence-corrected chi connectivity index (χ4v) is 5.22. The number of fused-ring (bicyclic) bond motifs is 2. The topological polar surface area (TPSA) is 96.4 Å². The van der Waals surface area contributed by atoms with Gasteiger partial charge in [-0.2, -0.15) is 5.26 Å². The van der Waals surface area contributed by atoms with Crippen molar-refractivity contribution in [3.63, 3.8) is 0 Å². The summed E-state index contributed by atoms with van der Waals surface area (Å²) in [5, 5.41) is 12.2. The number of methoxy groups -OCH3 is 1. The van der Waals surface area contributed by atoms with Crippen LogP contribution in [0.2, 0.25) is 0 Å². The molecule has 2 aliphatic rings. The van der Waals surface area contributed by atoms with E-state index >= 15 is 0 Å². The van der Waals surface area contributed by atoms with Crippen LogP contribution in [-0.4, -0.2) is 23.9 Å². The highest BCUT2D eigenvalue weighted by Crippen LogP contribution is 2.50. The van der Waals surface area contributed by atoms with Gasteiger partial charge in [-0.25, -0.2) is 4.79 Å². The largest absolute Gasteiger partial charge is 0.466 e. The van der Waals surface area contributed by atoms with E-state index in [0.29, 0.717) is 16.2 Å². The highest BCUT2D eigenvalue weighted by atomic mass is 32.2. The maximum absolute atomic E-state index is 13.1. The molecule has 3 heterocycles. The van der Waals surface area contributed by atoms with Crippen LogP contribution in [0.15, 0.2) is 68.7 Å². The number of esters is 1. The summed E-state index contributed by atoms with van der Waals surface area (Å²) in [6, 6.07) is 13.0. The summed E-state index contributed by atoms with van der Waals surface area (Å²) in [6.45, 7) is 0. The van der Waals surface area contributed by atoms with Crippen molar-refractivity contribution in [2.75, 3.05) is 7.11 Å². The number of thioether (sulfide) groups is 1. The summed E-state index contributed by atoms with van der Waals surface area (Å²) in [5.74, 6) is -1.69. The van der Waals surface area contributed by atoms with Gasteiger partial charge < -0.3 is 10.5 Å². The van der Waals surface area contributed by atoms with E-state index in [4.69, 9.17) is 10.5 Å². The van der Waals surface area contributed by atoms with Crippen LogP contribution < -0.4 is 5.73 Å².